The van der Waals surface area contributed by atoms with E-state index in [1.807, 2.05) is 13.8 Å². The average Bonchev–Trinajstić information content (AvgIpc) is 2.84. The molecule has 2 aromatic rings. The van der Waals surface area contributed by atoms with Gasteiger partial charge < -0.3 is 5.32 Å². The van der Waals surface area contributed by atoms with Gasteiger partial charge in [-0.05, 0) is 31.7 Å². The topological polar surface area (TPSA) is 72.2 Å². The molecule has 0 aromatic carbocycles. The second-order valence-corrected chi connectivity index (χ2v) is 5.43. The summed E-state index contributed by atoms with van der Waals surface area (Å²) < 4.78 is 1.72. The summed E-state index contributed by atoms with van der Waals surface area (Å²) in [6.07, 6.45) is 2.63. The molecule has 0 aliphatic heterocycles. The highest BCUT2D eigenvalue weighted by Gasteiger charge is 2.12. The third-order valence-electron chi connectivity index (χ3n) is 3.30. The molecular formula is C14H21N5O. The van der Waals surface area contributed by atoms with Gasteiger partial charge in [-0.3, -0.25) is 4.79 Å². The van der Waals surface area contributed by atoms with Crippen LogP contribution in [0.2, 0.25) is 0 Å². The molecule has 0 aliphatic carbocycles. The van der Waals surface area contributed by atoms with Crippen LogP contribution in [-0.2, 0) is 11.2 Å². The Morgan fingerprint density at radius 3 is 2.85 bits per heavy atom. The van der Waals surface area contributed by atoms with E-state index in [-0.39, 0.29) is 5.91 Å². The second kappa shape index (κ2) is 5.98. The number of hydrogen-bond acceptors (Lipinski definition) is 4. The van der Waals surface area contributed by atoms with Crippen molar-refractivity contribution >= 4 is 11.7 Å². The lowest BCUT2D eigenvalue weighted by Gasteiger charge is -2.11. The predicted octanol–water partition coefficient (Wildman–Crippen LogP) is 1.45. The molecule has 0 fully saturated rings. The minimum atomic E-state index is 0.0798. The van der Waals surface area contributed by atoms with Gasteiger partial charge in [-0.15, -0.1) is 0 Å². The molecule has 0 radical (unpaired) electrons. The van der Waals surface area contributed by atoms with Gasteiger partial charge in [-0.2, -0.15) is 10.1 Å². The minimum Gasteiger partial charge on any atom is -0.356 e. The lowest BCUT2D eigenvalue weighted by Crippen LogP contribution is -2.27. The van der Waals surface area contributed by atoms with Crippen LogP contribution >= 0.6 is 0 Å². The Bertz CT molecular complexity index is 617. The summed E-state index contributed by atoms with van der Waals surface area (Å²) in [5, 5.41) is 7.08. The number of fused-ring (bicyclic) bond motifs is 1. The number of nitrogens with one attached hydrogen (secondary N) is 1. The van der Waals surface area contributed by atoms with Crippen molar-refractivity contribution in [2.45, 2.75) is 40.5 Å². The van der Waals surface area contributed by atoms with E-state index >= 15 is 0 Å². The second-order valence-electron chi connectivity index (χ2n) is 5.43. The largest absolute Gasteiger partial charge is 0.356 e. The molecule has 2 aromatic heterocycles. The van der Waals surface area contributed by atoms with Crippen molar-refractivity contribution in [3.8, 4) is 0 Å². The lowest BCUT2D eigenvalue weighted by atomic mass is 10.1. The number of hydrogen-bond donors (Lipinski definition) is 1. The normalized spacial score (nSPS) is 11.2. The van der Waals surface area contributed by atoms with Crippen LogP contribution in [0.5, 0.6) is 0 Å². The van der Waals surface area contributed by atoms with Crippen LogP contribution in [-0.4, -0.2) is 32.0 Å². The SMILES string of the molecule is Cc1nc2ncnn2c(C)c1CCC(=O)NCC(C)C. The summed E-state index contributed by atoms with van der Waals surface area (Å²) in [6.45, 7) is 8.81. The molecule has 6 heteroatoms. The van der Waals surface area contributed by atoms with Gasteiger partial charge in [-0.25, -0.2) is 9.50 Å². The fraction of sp³-hybridized carbons (Fsp3) is 0.571. The Kier molecular flexibility index (Phi) is 4.32. The number of amides is 1. The summed E-state index contributed by atoms with van der Waals surface area (Å²) in [5.74, 6) is 1.15. The first-order valence-electron chi connectivity index (χ1n) is 6.91. The number of carbonyl (C=O) groups is 1. The molecular weight excluding hydrogens is 254 g/mol. The quantitative estimate of drug-likeness (QED) is 0.896. The van der Waals surface area contributed by atoms with Gasteiger partial charge in [0, 0.05) is 24.4 Å². The Balaban J connectivity index is 2.08. The van der Waals surface area contributed by atoms with E-state index in [0.29, 0.717) is 24.5 Å². The van der Waals surface area contributed by atoms with Gasteiger partial charge in [0.05, 0.1) is 0 Å². The van der Waals surface area contributed by atoms with E-state index in [2.05, 4.69) is 34.2 Å². The molecule has 1 N–H and O–H groups in total. The molecule has 0 atom stereocenters. The summed E-state index contributed by atoms with van der Waals surface area (Å²) in [6, 6.07) is 0. The van der Waals surface area contributed by atoms with Crippen LogP contribution in [0.15, 0.2) is 6.33 Å². The van der Waals surface area contributed by atoms with Crippen molar-refractivity contribution in [3.05, 3.63) is 23.3 Å². The lowest BCUT2D eigenvalue weighted by molar-refractivity contribution is -0.121. The van der Waals surface area contributed by atoms with Crippen molar-refractivity contribution in [3.63, 3.8) is 0 Å². The standard InChI is InChI=1S/C14H21N5O/c1-9(2)7-15-13(20)6-5-12-10(3)18-14-16-8-17-19(14)11(12)4/h8-9H,5-7H2,1-4H3,(H,15,20). The Hall–Kier alpha value is -1.98. The monoisotopic (exact) mass is 275 g/mol. The third-order valence-corrected chi connectivity index (χ3v) is 3.30. The first-order chi connectivity index (χ1) is 9.49. The van der Waals surface area contributed by atoms with Crippen LogP contribution in [0.4, 0.5) is 0 Å². The zero-order valence-electron chi connectivity index (χ0n) is 12.5. The highest BCUT2D eigenvalue weighted by molar-refractivity contribution is 5.76. The maximum absolute atomic E-state index is 11.8. The van der Waals surface area contributed by atoms with Crippen molar-refractivity contribution in [1.82, 2.24) is 24.9 Å². The van der Waals surface area contributed by atoms with E-state index < -0.39 is 0 Å². The molecule has 6 nitrogen and oxygen atoms in total. The van der Waals surface area contributed by atoms with E-state index in [0.717, 1.165) is 23.5 Å². The van der Waals surface area contributed by atoms with Gasteiger partial charge in [0.25, 0.3) is 5.78 Å². The Labute approximate surface area is 118 Å². The van der Waals surface area contributed by atoms with Crippen LogP contribution < -0.4 is 5.32 Å². The Morgan fingerprint density at radius 1 is 1.40 bits per heavy atom. The first-order valence-corrected chi connectivity index (χ1v) is 6.91. The fourth-order valence-corrected chi connectivity index (χ4v) is 2.16. The maximum atomic E-state index is 11.8. The number of aryl methyl sites for hydroxylation is 2. The predicted molar refractivity (Wildman–Crippen MR) is 76.4 cm³/mol. The van der Waals surface area contributed by atoms with Crippen LogP contribution in [0.25, 0.3) is 5.78 Å². The molecule has 0 saturated heterocycles. The van der Waals surface area contributed by atoms with Crippen molar-refractivity contribution < 1.29 is 4.79 Å². The van der Waals surface area contributed by atoms with Gasteiger partial charge in [0.15, 0.2) is 0 Å². The highest BCUT2D eigenvalue weighted by atomic mass is 16.1. The maximum Gasteiger partial charge on any atom is 0.252 e. The molecule has 2 heterocycles. The number of rotatable bonds is 5. The van der Waals surface area contributed by atoms with Crippen LogP contribution in [0, 0.1) is 19.8 Å². The van der Waals surface area contributed by atoms with Crippen molar-refractivity contribution in [2.24, 2.45) is 5.92 Å². The number of nitrogens with zero attached hydrogens (tertiary/aromatic N) is 4. The molecule has 0 unspecified atom stereocenters. The van der Waals surface area contributed by atoms with Gasteiger partial charge >= 0.3 is 0 Å². The van der Waals surface area contributed by atoms with Gasteiger partial charge in [0.1, 0.15) is 6.33 Å². The molecule has 108 valence electrons. The van der Waals surface area contributed by atoms with Crippen LogP contribution in [0.1, 0.15) is 37.2 Å². The summed E-state index contributed by atoms with van der Waals surface area (Å²) in [4.78, 5) is 20.3. The average molecular weight is 275 g/mol. The summed E-state index contributed by atoms with van der Waals surface area (Å²) in [5.41, 5.74) is 2.99. The zero-order valence-corrected chi connectivity index (χ0v) is 12.5. The molecule has 0 saturated carbocycles. The molecule has 0 spiro atoms. The van der Waals surface area contributed by atoms with E-state index in [4.69, 9.17) is 0 Å². The summed E-state index contributed by atoms with van der Waals surface area (Å²) in [7, 11) is 0. The van der Waals surface area contributed by atoms with Crippen LogP contribution in [0.3, 0.4) is 0 Å². The smallest absolute Gasteiger partial charge is 0.252 e. The zero-order chi connectivity index (χ0) is 14.7. The fourth-order valence-electron chi connectivity index (χ4n) is 2.16. The molecule has 0 aliphatic rings. The van der Waals surface area contributed by atoms with Gasteiger partial charge in [0.2, 0.25) is 5.91 Å². The Morgan fingerprint density at radius 2 is 2.15 bits per heavy atom. The van der Waals surface area contributed by atoms with Gasteiger partial charge in [-0.1, -0.05) is 13.8 Å². The molecule has 2 rings (SSSR count). The van der Waals surface area contributed by atoms with Crippen molar-refractivity contribution in [1.29, 1.82) is 0 Å². The van der Waals surface area contributed by atoms with E-state index in [1.54, 1.807) is 4.52 Å². The van der Waals surface area contributed by atoms with E-state index in [1.165, 1.54) is 6.33 Å². The molecule has 1 amide bonds. The highest BCUT2D eigenvalue weighted by Crippen LogP contribution is 2.14. The number of aromatic nitrogens is 4. The minimum absolute atomic E-state index is 0.0798. The molecule has 0 bridgehead atoms. The third kappa shape index (κ3) is 3.12. The molecule has 20 heavy (non-hydrogen) atoms. The van der Waals surface area contributed by atoms with E-state index in [9.17, 15) is 4.79 Å². The van der Waals surface area contributed by atoms with Crippen molar-refractivity contribution in [2.75, 3.05) is 6.54 Å². The summed E-state index contributed by atoms with van der Waals surface area (Å²) >= 11 is 0. The number of carbonyl (C=O) groups excluding carboxylic acids is 1. The first kappa shape index (κ1) is 14.4.